The van der Waals surface area contributed by atoms with Gasteiger partial charge < -0.3 is 10.1 Å². The van der Waals surface area contributed by atoms with Crippen molar-refractivity contribution in [1.82, 2.24) is 5.32 Å². The zero-order valence-electron chi connectivity index (χ0n) is 10.5. The Morgan fingerprint density at radius 1 is 1.29 bits per heavy atom. The van der Waals surface area contributed by atoms with Crippen molar-refractivity contribution in [2.75, 3.05) is 0 Å². The van der Waals surface area contributed by atoms with E-state index in [9.17, 15) is 14.4 Å². The molecule has 1 unspecified atom stereocenters. The van der Waals surface area contributed by atoms with Crippen LogP contribution in [0.25, 0.3) is 0 Å². The SMILES string of the molecule is CC(=O)C1=CC=C(C(=O)NC(C)(C)C=O)C1C. The lowest BCUT2D eigenvalue weighted by molar-refractivity contribution is -0.123. The van der Waals surface area contributed by atoms with Crippen LogP contribution in [-0.4, -0.2) is 23.5 Å². The molecule has 1 N–H and O–H groups in total. The van der Waals surface area contributed by atoms with Gasteiger partial charge in [0.05, 0.1) is 5.54 Å². The summed E-state index contributed by atoms with van der Waals surface area (Å²) in [6.45, 7) is 6.53. The maximum Gasteiger partial charge on any atom is 0.248 e. The van der Waals surface area contributed by atoms with Crippen molar-refractivity contribution >= 4 is 18.0 Å². The fourth-order valence-electron chi connectivity index (χ4n) is 1.72. The predicted molar refractivity (Wildman–Crippen MR) is 64.3 cm³/mol. The number of carbonyl (C=O) groups is 3. The average Bonchev–Trinajstić information content (AvgIpc) is 2.59. The molecule has 1 amide bonds. The van der Waals surface area contributed by atoms with E-state index in [0.717, 1.165) is 0 Å². The number of ketones is 1. The second-order valence-electron chi connectivity index (χ2n) is 4.82. The average molecular weight is 235 g/mol. The molecule has 0 spiro atoms. The summed E-state index contributed by atoms with van der Waals surface area (Å²) in [7, 11) is 0. The van der Waals surface area contributed by atoms with Gasteiger partial charge in [0, 0.05) is 17.1 Å². The van der Waals surface area contributed by atoms with Gasteiger partial charge in [-0.3, -0.25) is 9.59 Å². The first-order chi connectivity index (χ1) is 7.78. The fraction of sp³-hybridized carbons (Fsp3) is 0.462. The van der Waals surface area contributed by atoms with Crippen molar-refractivity contribution in [2.24, 2.45) is 5.92 Å². The Labute approximate surface area is 101 Å². The first-order valence-electron chi connectivity index (χ1n) is 5.50. The monoisotopic (exact) mass is 235 g/mol. The third-order valence-electron chi connectivity index (χ3n) is 2.77. The normalized spacial score (nSPS) is 19.4. The molecule has 0 fully saturated rings. The lowest BCUT2D eigenvalue weighted by Crippen LogP contribution is -2.45. The first kappa shape index (κ1) is 13.4. The zero-order chi connectivity index (χ0) is 13.2. The van der Waals surface area contributed by atoms with Gasteiger partial charge in [-0.25, -0.2) is 0 Å². The molecule has 0 saturated carbocycles. The smallest absolute Gasteiger partial charge is 0.248 e. The molecular formula is C13H17NO3. The van der Waals surface area contributed by atoms with E-state index in [0.29, 0.717) is 17.4 Å². The number of nitrogens with one attached hydrogen (secondary N) is 1. The number of rotatable bonds is 4. The van der Waals surface area contributed by atoms with E-state index >= 15 is 0 Å². The standard InChI is InChI=1S/C13H17NO3/c1-8-10(9(2)16)5-6-11(8)12(17)14-13(3,4)7-15/h5-8H,1-4H3,(H,14,17). The minimum atomic E-state index is -0.892. The van der Waals surface area contributed by atoms with E-state index in [1.165, 1.54) is 6.92 Å². The molecule has 0 aliphatic heterocycles. The summed E-state index contributed by atoms with van der Waals surface area (Å²) in [4.78, 5) is 33.9. The number of allylic oxidation sites excluding steroid dienone is 3. The van der Waals surface area contributed by atoms with Gasteiger partial charge in [-0.2, -0.15) is 0 Å². The molecule has 0 saturated heterocycles. The number of hydrogen-bond donors (Lipinski definition) is 1. The van der Waals surface area contributed by atoms with Crippen LogP contribution in [0, 0.1) is 5.92 Å². The van der Waals surface area contributed by atoms with E-state index in [-0.39, 0.29) is 17.6 Å². The molecule has 1 aliphatic rings. The second kappa shape index (κ2) is 4.65. The Hall–Kier alpha value is -1.71. The summed E-state index contributed by atoms with van der Waals surface area (Å²) < 4.78 is 0. The minimum Gasteiger partial charge on any atom is -0.341 e. The summed E-state index contributed by atoms with van der Waals surface area (Å²) in [5.74, 6) is -0.553. The van der Waals surface area contributed by atoms with Gasteiger partial charge in [0.2, 0.25) is 5.91 Å². The summed E-state index contributed by atoms with van der Waals surface area (Å²) >= 11 is 0. The largest absolute Gasteiger partial charge is 0.341 e. The van der Waals surface area contributed by atoms with Gasteiger partial charge in [0.15, 0.2) is 5.78 Å². The van der Waals surface area contributed by atoms with Crippen molar-refractivity contribution in [2.45, 2.75) is 33.2 Å². The molecule has 0 bridgehead atoms. The molecule has 0 aromatic rings. The Kier molecular flexibility index (Phi) is 3.66. The molecule has 4 nitrogen and oxygen atoms in total. The highest BCUT2D eigenvalue weighted by Crippen LogP contribution is 2.27. The third-order valence-corrected chi connectivity index (χ3v) is 2.77. The van der Waals surface area contributed by atoms with Crippen molar-refractivity contribution in [3.63, 3.8) is 0 Å². The van der Waals surface area contributed by atoms with Crippen molar-refractivity contribution in [3.05, 3.63) is 23.3 Å². The number of hydrogen-bond acceptors (Lipinski definition) is 3. The Morgan fingerprint density at radius 2 is 1.82 bits per heavy atom. The lowest BCUT2D eigenvalue weighted by Gasteiger charge is -2.21. The molecular weight excluding hydrogens is 218 g/mol. The minimum absolute atomic E-state index is 0.0359. The highest BCUT2D eigenvalue weighted by Gasteiger charge is 2.29. The molecule has 0 radical (unpaired) electrons. The van der Waals surface area contributed by atoms with E-state index in [4.69, 9.17) is 0 Å². The topological polar surface area (TPSA) is 63.2 Å². The van der Waals surface area contributed by atoms with Crippen LogP contribution in [0.3, 0.4) is 0 Å². The summed E-state index contributed by atoms with van der Waals surface area (Å²) in [6.07, 6.45) is 3.98. The maximum absolute atomic E-state index is 11.9. The highest BCUT2D eigenvalue weighted by atomic mass is 16.2. The van der Waals surface area contributed by atoms with Gasteiger partial charge in [-0.15, -0.1) is 0 Å². The molecule has 0 aromatic heterocycles. The maximum atomic E-state index is 11.9. The van der Waals surface area contributed by atoms with E-state index in [1.54, 1.807) is 32.9 Å². The van der Waals surface area contributed by atoms with Crippen molar-refractivity contribution in [1.29, 1.82) is 0 Å². The van der Waals surface area contributed by atoms with Crippen LogP contribution in [0.5, 0.6) is 0 Å². The number of carbonyl (C=O) groups excluding carboxylic acids is 3. The zero-order valence-corrected chi connectivity index (χ0v) is 10.5. The Bertz CT molecular complexity index is 430. The molecule has 1 atom stereocenters. The van der Waals surface area contributed by atoms with Crippen LogP contribution < -0.4 is 5.32 Å². The summed E-state index contributed by atoms with van der Waals surface area (Å²) in [5.41, 5.74) is 0.251. The third kappa shape index (κ3) is 2.90. The molecule has 92 valence electrons. The molecule has 0 aromatic carbocycles. The van der Waals surface area contributed by atoms with Gasteiger partial charge >= 0.3 is 0 Å². The van der Waals surface area contributed by atoms with Crippen LogP contribution >= 0.6 is 0 Å². The van der Waals surface area contributed by atoms with Gasteiger partial charge in [0.1, 0.15) is 6.29 Å². The van der Waals surface area contributed by atoms with Gasteiger partial charge in [-0.05, 0) is 20.8 Å². The van der Waals surface area contributed by atoms with Crippen molar-refractivity contribution < 1.29 is 14.4 Å². The summed E-state index contributed by atoms with van der Waals surface area (Å²) in [6, 6.07) is 0. The second-order valence-corrected chi connectivity index (χ2v) is 4.82. The highest BCUT2D eigenvalue weighted by molar-refractivity contribution is 6.03. The van der Waals surface area contributed by atoms with Crippen LogP contribution in [0.4, 0.5) is 0 Å². The molecule has 4 heteroatoms. The van der Waals surface area contributed by atoms with Crippen LogP contribution in [0.2, 0.25) is 0 Å². The quantitative estimate of drug-likeness (QED) is 0.744. The molecule has 0 heterocycles. The summed E-state index contributed by atoms with van der Waals surface area (Å²) in [5, 5.41) is 2.62. The first-order valence-corrected chi connectivity index (χ1v) is 5.50. The van der Waals surface area contributed by atoms with Gasteiger partial charge in [0.25, 0.3) is 0 Å². The van der Waals surface area contributed by atoms with Gasteiger partial charge in [-0.1, -0.05) is 19.1 Å². The van der Waals surface area contributed by atoms with E-state index < -0.39 is 5.54 Å². The van der Waals surface area contributed by atoms with Crippen LogP contribution in [0.15, 0.2) is 23.3 Å². The Morgan fingerprint density at radius 3 is 2.24 bits per heavy atom. The van der Waals surface area contributed by atoms with E-state index in [2.05, 4.69) is 5.32 Å². The Balaban J connectivity index is 2.76. The number of Topliss-reactive ketones (excluding diaryl/α,β-unsaturated/α-hetero) is 1. The molecule has 17 heavy (non-hydrogen) atoms. The van der Waals surface area contributed by atoms with Crippen molar-refractivity contribution in [3.8, 4) is 0 Å². The molecule has 1 rings (SSSR count). The fourth-order valence-corrected chi connectivity index (χ4v) is 1.72. The van der Waals surface area contributed by atoms with Crippen LogP contribution in [0.1, 0.15) is 27.7 Å². The predicted octanol–water partition coefficient (Wildman–Crippen LogP) is 1.17. The lowest BCUT2D eigenvalue weighted by atomic mass is 9.94. The van der Waals surface area contributed by atoms with Crippen LogP contribution in [-0.2, 0) is 14.4 Å². The van der Waals surface area contributed by atoms with E-state index in [1.807, 2.05) is 0 Å². The molecule has 1 aliphatic carbocycles. The number of amides is 1. The number of aldehydes is 1.